The van der Waals surface area contributed by atoms with Crippen LogP contribution in [0.25, 0.3) is 0 Å². The molecule has 0 fully saturated rings. The van der Waals surface area contributed by atoms with Gasteiger partial charge in [-0.15, -0.1) is 11.3 Å². The number of carbonyl (C=O) groups is 1. The molecular formula is C10H8N2O4S. The van der Waals surface area contributed by atoms with Gasteiger partial charge >= 0.3 is 5.63 Å². The average molecular weight is 252 g/mol. The third-order valence-corrected chi connectivity index (χ3v) is 2.62. The molecule has 0 aliphatic rings. The Morgan fingerprint density at radius 1 is 1.59 bits per heavy atom. The van der Waals surface area contributed by atoms with E-state index in [9.17, 15) is 14.7 Å². The maximum absolute atomic E-state index is 11.7. The van der Waals surface area contributed by atoms with Crippen molar-refractivity contribution in [3.63, 3.8) is 0 Å². The number of amides is 1. The molecule has 0 radical (unpaired) electrons. The molecule has 2 heterocycles. The Labute approximate surface area is 99.6 Å². The normalized spacial score (nSPS) is 10.2. The topological polar surface area (TPSA) is 92.4 Å². The first kappa shape index (κ1) is 11.3. The van der Waals surface area contributed by atoms with Crippen molar-refractivity contribution in [2.24, 2.45) is 0 Å². The van der Waals surface area contributed by atoms with Crippen LogP contribution in [0, 0.1) is 6.92 Å². The van der Waals surface area contributed by atoms with Gasteiger partial charge in [-0.1, -0.05) is 0 Å². The van der Waals surface area contributed by atoms with Gasteiger partial charge in [0.15, 0.2) is 10.7 Å². The molecule has 17 heavy (non-hydrogen) atoms. The summed E-state index contributed by atoms with van der Waals surface area (Å²) in [6.45, 7) is 1.50. The van der Waals surface area contributed by atoms with Crippen LogP contribution in [-0.2, 0) is 0 Å². The molecule has 7 heteroatoms. The summed E-state index contributed by atoms with van der Waals surface area (Å²) in [5, 5.41) is 13.9. The number of carbonyl (C=O) groups excluding carboxylic acids is 1. The van der Waals surface area contributed by atoms with Gasteiger partial charge in [-0.05, 0) is 6.92 Å². The Hall–Kier alpha value is -2.15. The summed E-state index contributed by atoms with van der Waals surface area (Å²) in [5.41, 5.74) is -1.30. The smallest absolute Gasteiger partial charge is 0.352 e. The zero-order valence-electron chi connectivity index (χ0n) is 8.76. The van der Waals surface area contributed by atoms with Crippen molar-refractivity contribution in [3.8, 4) is 5.75 Å². The zero-order chi connectivity index (χ0) is 12.4. The maximum Gasteiger partial charge on any atom is 0.352 e. The molecule has 0 saturated carbocycles. The summed E-state index contributed by atoms with van der Waals surface area (Å²) in [6, 6.07) is 1.21. The Kier molecular flexibility index (Phi) is 2.92. The zero-order valence-corrected chi connectivity index (χ0v) is 9.58. The number of aromatic hydroxyl groups is 1. The molecule has 88 valence electrons. The highest BCUT2D eigenvalue weighted by molar-refractivity contribution is 7.13. The molecule has 2 N–H and O–H groups in total. The van der Waals surface area contributed by atoms with E-state index in [1.807, 2.05) is 0 Å². The van der Waals surface area contributed by atoms with E-state index in [1.54, 1.807) is 5.38 Å². The highest BCUT2D eigenvalue weighted by atomic mass is 32.1. The largest absolute Gasteiger partial charge is 0.507 e. The SMILES string of the molecule is Cc1cc(O)c(C(=O)Nc2nccs2)c(=O)o1. The van der Waals surface area contributed by atoms with Gasteiger partial charge in [0.2, 0.25) is 0 Å². The molecular weight excluding hydrogens is 244 g/mol. The summed E-state index contributed by atoms with van der Waals surface area (Å²) in [5.74, 6) is -0.919. The van der Waals surface area contributed by atoms with Crippen LogP contribution in [0.5, 0.6) is 5.75 Å². The lowest BCUT2D eigenvalue weighted by Crippen LogP contribution is -2.21. The molecule has 0 aromatic carbocycles. The number of thiazole rings is 1. The average Bonchev–Trinajstić information content (AvgIpc) is 2.68. The molecule has 2 rings (SSSR count). The monoisotopic (exact) mass is 252 g/mol. The van der Waals surface area contributed by atoms with Gasteiger partial charge in [0.25, 0.3) is 5.91 Å². The second-order valence-electron chi connectivity index (χ2n) is 3.20. The number of hydrogen-bond acceptors (Lipinski definition) is 6. The molecule has 0 aliphatic carbocycles. The van der Waals surface area contributed by atoms with Crippen LogP contribution < -0.4 is 10.9 Å². The minimum Gasteiger partial charge on any atom is -0.507 e. The summed E-state index contributed by atoms with van der Waals surface area (Å²) in [7, 11) is 0. The molecule has 2 aromatic rings. The first-order chi connectivity index (χ1) is 8.08. The lowest BCUT2D eigenvalue weighted by Gasteiger charge is -2.03. The number of nitrogens with one attached hydrogen (secondary N) is 1. The fourth-order valence-corrected chi connectivity index (χ4v) is 1.77. The second-order valence-corrected chi connectivity index (χ2v) is 4.09. The van der Waals surface area contributed by atoms with Crippen molar-refractivity contribution in [2.45, 2.75) is 6.92 Å². The molecule has 0 unspecified atom stereocenters. The van der Waals surface area contributed by atoms with Crippen LogP contribution in [0.2, 0.25) is 0 Å². The van der Waals surface area contributed by atoms with E-state index in [1.165, 1.54) is 30.5 Å². The number of hydrogen-bond donors (Lipinski definition) is 2. The molecule has 0 saturated heterocycles. The number of nitrogens with zero attached hydrogens (tertiary/aromatic N) is 1. The molecule has 0 aliphatic heterocycles. The Bertz CT molecular complexity index is 603. The Balaban J connectivity index is 2.35. The number of anilines is 1. The van der Waals surface area contributed by atoms with Crippen molar-refractivity contribution < 1.29 is 14.3 Å². The third kappa shape index (κ3) is 2.34. The van der Waals surface area contributed by atoms with Gasteiger partial charge < -0.3 is 9.52 Å². The van der Waals surface area contributed by atoms with Crippen molar-refractivity contribution in [2.75, 3.05) is 5.32 Å². The second kappa shape index (κ2) is 4.38. The van der Waals surface area contributed by atoms with Crippen molar-refractivity contribution in [1.29, 1.82) is 0 Å². The number of aromatic nitrogens is 1. The van der Waals surface area contributed by atoms with Crippen molar-refractivity contribution in [3.05, 3.63) is 39.4 Å². The highest BCUT2D eigenvalue weighted by Crippen LogP contribution is 2.17. The summed E-state index contributed by atoms with van der Waals surface area (Å²) < 4.78 is 4.74. The van der Waals surface area contributed by atoms with Gasteiger partial charge in [0.05, 0.1) is 0 Å². The first-order valence-corrected chi connectivity index (χ1v) is 5.50. The molecule has 6 nitrogen and oxygen atoms in total. The molecule has 1 amide bonds. The highest BCUT2D eigenvalue weighted by Gasteiger charge is 2.18. The van der Waals surface area contributed by atoms with Crippen molar-refractivity contribution in [1.82, 2.24) is 4.98 Å². The molecule has 0 atom stereocenters. The maximum atomic E-state index is 11.7. The number of aryl methyl sites for hydroxylation is 1. The van der Waals surface area contributed by atoms with E-state index in [4.69, 9.17) is 4.42 Å². The van der Waals surface area contributed by atoms with E-state index >= 15 is 0 Å². The van der Waals surface area contributed by atoms with E-state index in [0.717, 1.165) is 0 Å². The molecule has 0 spiro atoms. The summed E-state index contributed by atoms with van der Waals surface area (Å²) >= 11 is 1.20. The lowest BCUT2D eigenvalue weighted by atomic mass is 10.2. The van der Waals surface area contributed by atoms with Crippen LogP contribution in [-0.4, -0.2) is 16.0 Å². The fraction of sp³-hybridized carbons (Fsp3) is 0.100. The first-order valence-electron chi connectivity index (χ1n) is 4.62. The molecule has 0 bridgehead atoms. The van der Waals surface area contributed by atoms with Gasteiger partial charge in [-0.3, -0.25) is 10.1 Å². The van der Waals surface area contributed by atoms with Gasteiger partial charge in [-0.25, -0.2) is 9.78 Å². The summed E-state index contributed by atoms with van der Waals surface area (Å²) in [4.78, 5) is 27.0. The van der Waals surface area contributed by atoms with Gasteiger partial charge in [0, 0.05) is 17.6 Å². The van der Waals surface area contributed by atoms with Crippen LogP contribution in [0.1, 0.15) is 16.1 Å². The van der Waals surface area contributed by atoms with Gasteiger partial charge in [-0.2, -0.15) is 0 Å². The van der Waals surface area contributed by atoms with Crippen LogP contribution in [0.15, 0.2) is 26.9 Å². The quantitative estimate of drug-likeness (QED) is 0.841. The lowest BCUT2D eigenvalue weighted by molar-refractivity contribution is 0.102. The Morgan fingerprint density at radius 2 is 2.35 bits per heavy atom. The van der Waals surface area contributed by atoms with Crippen LogP contribution in [0.3, 0.4) is 0 Å². The third-order valence-electron chi connectivity index (χ3n) is 1.93. The standard InChI is InChI=1S/C10H8N2O4S/c1-5-4-6(13)7(9(15)16-5)8(14)12-10-11-2-3-17-10/h2-4,13H,1H3,(H,11,12,14). The van der Waals surface area contributed by atoms with Crippen molar-refractivity contribution >= 4 is 22.4 Å². The van der Waals surface area contributed by atoms with E-state index in [-0.39, 0.29) is 5.76 Å². The number of rotatable bonds is 2. The van der Waals surface area contributed by atoms with Gasteiger partial charge in [0.1, 0.15) is 11.5 Å². The predicted octanol–water partition coefficient (Wildman–Crippen LogP) is 1.36. The van der Waals surface area contributed by atoms with Crippen LogP contribution >= 0.6 is 11.3 Å². The van der Waals surface area contributed by atoms with E-state index < -0.39 is 22.8 Å². The molecule has 2 aromatic heterocycles. The fourth-order valence-electron chi connectivity index (χ4n) is 1.25. The minimum atomic E-state index is -0.878. The summed E-state index contributed by atoms with van der Waals surface area (Å²) in [6.07, 6.45) is 1.51. The predicted molar refractivity (Wildman–Crippen MR) is 61.4 cm³/mol. The van der Waals surface area contributed by atoms with Crippen LogP contribution in [0.4, 0.5) is 5.13 Å². The van der Waals surface area contributed by atoms with E-state index in [0.29, 0.717) is 5.13 Å². The van der Waals surface area contributed by atoms with E-state index in [2.05, 4.69) is 10.3 Å². The Morgan fingerprint density at radius 3 is 2.94 bits per heavy atom. The minimum absolute atomic E-state index is 0.235.